The van der Waals surface area contributed by atoms with Gasteiger partial charge in [0.25, 0.3) is 0 Å². The first-order valence-corrected chi connectivity index (χ1v) is 4.84. The van der Waals surface area contributed by atoms with Crippen LogP contribution in [0.5, 0.6) is 5.75 Å². The van der Waals surface area contributed by atoms with Crippen molar-refractivity contribution in [2.24, 2.45) is 7.05 Å². The van der Waals surface area contributed by atoms with E-state index >= 15 is 0 Å². The molecule has 1 aromatic heterocycles. The van der Waals surface area contributed by atoms with Gasteiger partial charge in [0, 0.05) is 18.6 Å². The second kappa shape index (κ2) is 5.29. The average molecular weight is 300 g/mol. The molecule has 0 unspecified atom stereocenters. The summed E-state index contributed by atoms with van der Waals surface area (Å²) < 4.78 is 2.08. The van der Waals surface area contributed by atoms with Crippen LogP contribution < -0.4 is 17.0 Å². The van der Waals surface area contributed by atoms with Crippen molar-refractivity contribution in [3.05, 3.63) is 42.5 Å². The Kier molecular flexibility index (Phi) is 4.46. The van der Waals surface area contributed by atoms with Gasteiger partial charge in [-0.15, -0.1) is 11.5 Å². The van der Waals surface area contributed by atoms with E-state index in [0.29, 0.717) is 5.75 Å². The third-order valence-electron chi connectivity index (χ3n) is 2.84. The van der Waals surface area contributed by atoms with Crippen molar-refractivity contribution < 1.29 is 22.1 Å². The number of halogens is 1. The van der Waals surface area contributed by atoms with Gasteiger partial charge in [0.05, 0.1) is 0 Å². The van der Waals surface area contributed by atoms with Crippen molar-refractivity contribution in [1.82, 2.24) is 4.57 Å². The van der Waals surface area contributed by atoms with E-state index < -0.39 is 0 Å². The summed E-state index contributed by atoms with van der Waals surface area (Å²) in [5.74, 6) is 0.303. The normalized spacial score (nSPS) is 9.94. The predicted octanol–water partition coefficient (Wildman–Crippen LogP) is -0.540. The van der Waals surface area contributed by atoms with Crippen molar-refractivity contribution >= 4 is 44.9 Å². The van der Waals surface area contributed by atoms with Crippen LogP contribution in [-0.2, 0) is 7.05 Å². The number of aromatic hydroxyl groups is 1. The van der Waals surface area contributed by atoms with Gasteiger partial charge < -0.3 is 26.7 Å². The molecule has 3 aromatic rings. The zero-order valence-electron chi connectivity index (χ0n) is 9.44. The number of nitrogens with zero attached hydrogens (tertiary/aromatic N) is 1. The maximum absolute atomic E-state index is 9.46. The van der Waals surface area contributed by atoms with Crippen LogP contribution in [0, 0.1) is 6.07 Å². The Labute approximate surface area is 126 Å². The number of aromatic nitrogens is 1. The van der Waals surface area contributed by atoms with Gasteiger partial charge in [0.15, 0.2) is 0 Å². The van der Waals surface area contributed by atoms with Crippen LogP contribution in [0.4, 0.5) is 0 Å². The number of hydrogen-bond acceptors (Lipinski definition) is 1. The molecule has 3 rings (SSSR count). The summed E-state index contributed by atoms with van der Waals surface area (Å²) in [6.07, 6.45) is 0. The van der Waals surface area contributed by atoms with E-state index in [-0.39, 0.29) is 40.0 Å². The van der Waals surface area contributed by atoms with E-state index in [4.69, 9.17) is 0 Å². The largest absolute Gasteiger partial charge is 2.00 e. The molecule has 0 aliphatic heterocycles. The minimum absolute atomic E-state index is 0. The fourth-order valence-electron chi connectivity index (χ4n) is 2.09. The monoisotopic (exact) mass is 299 g/mol. The summed E-state index contributed by atoms with van der Waals surface area (Å²) in [5.41, 5.74) is 2.21. The van der Waals surface area contributed by atoms with Crippen LogP contribution in [0.3, 0.4) is 0 Å². The van der Waals surface area contributed by atoms with Crippen molar-refractivity contribution in [2.75, 3.05) is 0 Å². The molecule has 1 N–H and O–H groups in total. The molecule has 0 saturated carbocycles. The molecule has 17 heavy (non-hydrogen) atoms. The second-order valence-corrected chi connectivity index (χ2v) is 3.70. The number of rotatable bonds is 0. The molecule has 0 aliphatic rings. The molecule has 0 saturated heterocycles. The molecule has 4 heteroatoms. The molecule has 0 atom stereocenters. The third kappa shape index (κ3) is 2.17. The zero-order chi connectivity index (χ0) is 10.4. The van der Waals surface area contributed by atoms with Crippen molar-refractivity contribution in [2.45, 2.75) is 0 Å². The third-order valence-corrected chi connectivity index (χ3v) is 2.84. The summed E-state index contributed by atoms with van der Waals surface area (Å²) in [6, 6.07) is 14.4. The quantitative estimate of drug-likeness (QED) is 0.438. The van der Waals surface area contributed by atoms with Crippen LogP contribution in [0.15, 0.2) is 36.4 Å². The van der Waals surface area contributed by atoms with Crippen LogP contribution in [0.25, 0.3) is 21.8 Å². The van der Waals surface area contributed by atoms with E-state index in [1.165, 1.54) is 5.39 Å². The summed E-state index contributed by atoms with van der Waals surface area (Å²) in [5, 5.41) is 11.8. The van der Waals surface area contributed by atoms with Crippen molar-refractivity contribution in [1.29, 1.82) is 0 Å². The Morgan fingerprint density at radius 3 is 2.65 bits per heavy atom. The van der Waals surface area contributed by atoms with Gasteiger partial charge in [-0.05, 0) is 11.5 Å². The molecule has 0 aliphatic carbocycles. The fourth-order valence-corrected chi connectivity index (χ4v) is 2.09. The zero-order valence-corrected chi connectivity index (χ0v) is 12.4. The molecule has 0 radical (unpaired) electrons. The Hall–Kier alpha value is -0.714. The van der Waals surface area contributed by atoms with Crippen molar-refractivity contribution in [3.8, 4) is 5.75 Å². The number of fused-ring (bicyclic) bond motifs is 3. The van der Waals surface area contributed by atoms with Gasteiger partial charge in [-0.2, -0.15) is 18.2 Å². The number of hydrogen-bond donors (Lipinski definition) is 1. The maximum atomic E-state index is 9.46. The molecule has 2 nitrogen and oxygen atoms in total. The number of benzene rings is 2. The van der Waals surface area contributed by atoms with Crippen LogP contribution >= 0.6 is 0 Å². The molecule has 0 bridgehead atoms. The molecular weight excluding hydrogens is 290 g/mol. The molecule has 82 valence electrons. The van der Waals surface area contributed by atoms with Crippen LogP contribution in [0.1, 0.15) is 0 Å². The maximum Gasteiger partial charge on any atom is 2.00 e. The average Bonchev–Trinajstić information content (AvgIpc) is 2.54. The second-order valence-electron chi connectivity index (χ2n) is 3.70. The minimum Gasteiger partial charge on any atom is -1.00 e. The first kappa shape index (κ1) is 14.3. The Morgan fingerprint density at radius 1 is 1.12 bits per heavy atom. The van der Waals surface area contributed by atoms with E-state index in [0.717, 1.165) is 16.4 Å². The van der Waals surface area contributed by atoms with Gasteiger partial charge in [0.2, 0.25) is 0 Å². The number of phenolic OH excluding ortho intramolecular Hbond substituents is 1. The predicted molar refractivity (Wildman–Crippen MR) is 66.7 cm³/mol. The summed E-state index contributed by atoms with van der Waals surface area (Å²) in [6.45, 7) is 0. The summed E-state index contributed by atoms with van der Waals surface area (Å²) >= 11 is 0. The SMILES string of the molecule is Cn1c2cc[c-]cc2c2ccc(O)cc21.[Br-].[Mg+2]. The molecular formula is C13H10BrMgNO. The molecule has 0 amide bonds. The molecule has 1 heterocycles. The van der Waals surface area contributed by atoms with Gasteiger partial charge >= 0.3 is 23.1 Å². The van der Waals surface area contributed by atoms with Gasteiger partial charge in [-0.25, -0.2) is 0 Å². The van der Waals surface area contributed by atoms with Gasteiger partial charge in [-0.1, -0.05) is 11.6 Å². The van der Waals surface area contributed by atoms with Crippen LogP contribution in [-0.4, -0.2) is 32.7 Å². The van der Waals surface area contributed by atoms with E-state index in [1.54, 1.807) is 12.1 Å². The minimum atomic E-state index is 0. The fraction of sp³-hybridized carbons (Fsp3) is 0.0769. The molecule has 0 spiro atoms. The van der Waals surface area contributed by atoms with Crippen molar-refractivity contribution in [3.63, 3.8) is 0 Å². The van der Waals surface area contributed by atoms with E-state index in [9.17, 15) is 5.11 Å². The standard InChI is InChI=1S/C13H10NO.BrH.Mg/c1-14-12-5-3-2-4-10(12)11-7-6-9(15)8-13(11)14;;/h3-8,15H,1H3;1H;/q-1;;+2/p-1. The summed E-state index contributed by atoms with van der Waals surface area (Å²) in [4.78, 5) is 0. The van der Waals surface area contributed by atoms with Gasteiger partial charge in [0.1, 0.15) is 5.75 Å². The number of phenols is 1. The first-order chi connectivity index (χ1) is 7.27. The molecule has 0 fully saturated rings. The Balaban J connectivity index is 0.000000722. The smallest absolute Gasteiger partial charge is 1.00 e. The summed E-state index contributed by atoms with van der Waals surface area (Å²) in [7, 11) is 2.00. The van der Waals surface area contributed by atoms with E-state index in [1.807, 2.05) is 31.3 Å². The Morgan fingerprint density at radius 2 is 1.88 bits per heavy atom. The molecule has 2 aromatic carbocycles. The Bertz CT molecular complexity index is 663. The van der Waals surface area contributed by atoms with E-state index in [2.05, 4.69) is 10.6 Å². The van der Waals surface area contributed by atoms with Crippen LogP contribution in [0.2, 0.25) is 0 Å². The topological polar surface area (TPSA) is 25.2 Å². The van der Waals surface area contributed by atoms with Gasteiger partial charge in [-0.3, -0.25) is 0 Å². The number of aryl methyl sites for hydroxylation is 1. The first-order valence-electron chi connectivity index (χ1n) is 4.84.